The molecule has 3 N–H and O–H groups in total. The molecule has 0 saturated carbocycles. The Morgan fingerprint density at radius 3 is 2.68 bits per heavy atom. The zero-order valence-corrected chi connectivity index (χ0v) is 21.1. The summed E-state index contributed by atoms with van der Waals surface area (Å²) in [5.41, 5.74) is 5.10. The Morgan fingerprint density at radius 1 is 1.11 bits per heavy atom. The van der Waals surface area contributed by atoms with Crippen molar-refractivity contribution >= 4 is 22.7 Å². The van der Waals surface area contributed by atoms with E-state index in [-0.39, 0.29) is 24.3 Å². The Hall–Kier alpha value is -4.21. The lowest BCUT2D eigenvalue weighted by molar-refractivity contribution is -0.130. The van der Waals surface area contributed by atoms with Gasteiger partial charge in [-0.3, -0.25) is 24.7 Å². The van der Waals surface area contributed by atoms with Crippen molar-refractivity contribution in [3.05, 3.63) is 95.6 Å². The van der Waals surface area contributed by atoms with Gasteiger partial charge in [-0.05, 0) is 55.5 Å². The Labute approximate surface area is 220 Å². The monoisotopic (exact) mass is 514 g/mol. The molecule has 2 amide bonds. The molecule has 2 aromatic carbocycles. The highest BCUT2D eigenvalue weighted by Crippen LogP contribution is 2.24. The standard InChI is InChI=1S/C29H30N4O5/c1-19-13-22(25-6-2-3-7-26(25)30-19)18-38-23-10-8-20(9-11-23)29(35)31-27-17-33(16-24-5-4-12-37-24)15-21(27)14-28(34)32-36/h2-13,21,27,36H,14-18H2,1H3,(H,31,35)(H,32,34)/t21-,27+/m0/s1. The fourth-order valence-electron chi connectivity index (χ4n) is 5.00. The largest absolute Gasteiger partial charge is 0.489 e. The number of amides is 2. The molecule has 196 valence electrons. The van der Waals surface area contributed by atoms with Crippen LogP contribution in [0.25, 0.3) is 10.9 Å². The van der Waals surface area contributed by atoms with Gasteiger partial charge >= 0.3 is 0 Å². The lowest BCUT2D eigenvalue weighted by atomic mass is 9.99. The van der Waals surface area contributed by atoms with Gasteiger partial charge in [0.25, 0.3) is 5.91 Å². The van der Waals surface area contributed by atoms with Crippen molar-refractivity contribution < 1.29 is 24.0 Å². The van der Waals surface area contributed by atoms with E-state index in [0.717, 1.165) is 27.9 Å². The molecule has 1 saturated heterocycles. The van der Waals surface area contributed by atoms with Gasteiger partial charge in [-0.2, -0.15) is 0 Å². The van der Waals surface area contributed by atoms with E-state index in [1.807, 2.05) is 49.4 Å². The van der Waals surface area contributed by atoms with Crippen LogP contribution in [-0.2, 0) is 17.9 Å². The molecular formula is C29H30N4O5. The van der Waals surface area contributed by atoms with Crippen molar-refractivity contribution in [2.24, 2.45) is 5.92 Å². The number of furan rings is 1. The molecule has 0 radical (unpaired) electrons. The molecule has 2 atom stereocenters. The number of ether oxygens (including phenoxy) is 1. The highest BCUT2D eigenvalue weighted by atomic mass is 16.5. The van der Waals surface area contributed by atoms with Crippen molar-refractivity contribution in [3.8, 4) is 5.75 Å². The van der Waals surface area contributed by atoms with Gasteiger partial charge in [-0.25, -0.2) is 5.48 Å². The second kappa shape index (κ2) is 11.5. The molecule has 4 aromatic rings. The maximum absolute atomic E-state index is 13.1. The molecule has 9 heteroatoms. The molecule has 1 aliphatic heterocycles. The van der Waals surface area contributed by atoms with Gasteiger partial charge in [0, 0.05) is 53.7 Å². The van der Waals surface area contributed by atoms with E-state index in [0.29, 0.717) is 37.6 Å². The first-order valence-corrected chi connectivity index (χ1v) is 12.5. The highest BCUT2D eigenvalue weighted by Gasteiger charge is 2.35. The molecule has 0 aliphatic carbocycles. The number of hydrogen-bond donors (Lipinski definition) is 3. The lowest BCUT2D eigenvalue weighted by Gasteiger charge is -2.19. The topological polar surface area (TPSA) is 117 Å². The summed E-state index contributed by atoms with van der Waals surface area (Å²) in [5.74, 6) is 0.609. The number of nitrogens with zero attached hydrogens (tertiary/aromatic N) is 2. The quantitative estimate of drug-likeness (QED) is 0.230. The molecule has 0 spiro atoms. The Bertz CT molecular complexity index is 1400. The number of aromatic nitrogens is 1. The van der Waals surface area contributed by atoms with Gasteiger partial charge in [0.2, 0.25) is 5.91 Å². The van der Waals surface area contributed by atoms with Crippen LogP contribution in [0.1, 0.15) is 33.8 Å². The van der Waals surface area contributed by atoms with Crippen LogP contribution >= 0.6 is 0 Å². The second-order valence-electron chi connectivity index (χ2n) is 9.61. The number of hydroxylamine groups is 1. The van der Waals surface area contributed by atoms with Crippen molar-refractivity contribution in [2.45, 2.75) is 32.5 Å². The normalized spacial score (nSPS) is 17.4. The van der Waals surface area contributed by atoms with E-state index in [2.05, 4.69) is 15.2 Å². The van der Waals surface area contributed by atoms with Gasteiger partial charge in [-0.15, -0.1) is 0 Å². The van der Waals surface area contributed by atoms with E-state index in [4.69, 9.17) is 14.4 Å². The number of hydrogen-bond acceptors (Lipinski definition) is 7. The fourth-order valence-corrected chi connectivity index (χ4v) is 5.00. The van der Waals surface area contributed by atoms with Crippen LogP contribution in [0.4, 0.5) is 0 Å². The number of pyridine rings is 1. The Balaban J connectivity index is 1.21. The molecule has 38 heavy (non-hydrogen) atoms. The van der Waals surface area contributed by atoms with Crippen molar-refractivity contribution in [3.63, 3.8) is 0 Å². The summed E-state index contributed by atoms with van der Waals surface area (Å²) in [5, 5.41) is 13.1. The van der Waals surface area contributed by atoms with Gasteiger partial charge in [0.1, 0.15) is 18.1 Å². The number of nitrogens with one attached hydrogen (secondary N) is 2. The summed E-state index contributed by atoms with van der Waals surface area (Å²) in [4.78, 5) is 31.6. The third-order valence-corrected chi connectivity index (χ3v) is 6.81. The van der Waals surface area contributed by atoms with Crippen LogP contribution in [0.5, 0.6) is 5.75 Å². The molecule has 3 heterocycles. The summed E-state index contributed by atoms with van der Waals surface area (Å²) >= 11 is 0. The van der Waals surface area contributed by atoms with E-state index in [1.54, 1.807) is 36.0 Å². The zero-order valence-electron chi connectivity index (χ0n) is 21.1. The number of carbonyl (C=O) groups is 2. The Morgan fingerprint density at radius 2 is 1.92 bits per heavy atom. The van der Waals surface area contributed by atoms with Crippen LogP contribution in [0.15, 0.2) is 77.4 Å². The summed E-state index contributed by atoms with van der Waals surface area (Å²) in [7, 11) is 0. The van der Waals surface area contributed by atoms with Gasteiger partial charge in [0.15, 0.2) is 0 Å². The predicted octanol–water partition coefficient (Wildman–Crippen LogP) is 3.84. The van der Waals surface area contributed by atoms with Crippen LogP contribution in [0.2, 0.25) is 0 Å². The van der Waals surface area contributed by atoms with Crippen LogP contribution in [0.3, 0.4) is 0 Å². The maximum Gasteiger partial charge on any atom is 0.251 e. The average molecular weight is 515 g/mol. The number of carbonyl (C=O) groups excluding carboxylic acids is 2. The minimum absolute atomic E-state index is 0.103. The lowest BCUT2D eigenvalue weighted by Crippen LogP contribution is -2.41. The van der Waals surface area contributed by atoms with E-state index in [1.165, 1.54) is 0 Å². The number of aryl methyl sites for hydroxylation is 1. The SMILES string of the molecule is Cc1cc(COc2ccc(C(=O)N[C@@H]3CN(Cc4ccco4)C[C@@H]3CC(=O)NO)cc2)c2ccccc2n1. The first kappa shape index (κ1) is 25.4. The van der Waals surface area contributed by atoms with Crippen molar-refractivity contribution in [2.75, 3.05) is 13.1 Å². The predicted molar refractivity (Wildman–Crippen MR) is 141 cm³/mol. The molecule has 2 aromatic heterocycles. The van der Waals surface area contributed by atoms with Gasteiger partial charge in [-0.1, -0.05) is 18.2 Å². The molecule has 0 unspecified atom stereocenters. The van der Waals surface area contributed by atoms with E-state index >= 15 is 0 Å². The average Bonchev–Trinajstić information content (AvgIpc) is 3.57. The number of benzene rings is 2. The number of para-hydroxylation sites is 1. The van der Waals surface area contributed by atoms with Gasteiger partial charge < -0.3 is 14.5 Å². The first-order valence-electron chi connectivity index (χ1n) is 12.5. The number of fused-ring (bicyclic) bond motifs is 1. The molecule has 1 fully saturated rings. The highest BCUT2D eigenvalue weighted by molar-refractivity contribution is 5.94. The van der Waals surface area contributed by atoms with Crippen molar-refractivity contribution in [1.82, 2.24) is 20.7 Å². The number of rotatable bonds is 9. The van der Waals surface area contributed by atoms with Crippen LogP contribution in [0, 0.1) is 12.8 Å². The summed E-state index contributed by atoms with van der Waals surface area (Å²) in [6, 6.07) is 20.5. The molecule has 9 nitrogen and oxygen atoms in total. The number of likely N-dealkylation sites (tertiary alicyclic amines) is 1. The van der Waals surface area contributed by atoms with Crippen LogP contribution < -0.4 is 15.5 Å². The fraction of sp³-hybridized carbons (Fsp3) is 0.276. The summed E-state index contributed by atoms with van der Waals surface area (Å²) < 4.78 is 11.5. The maximum atomic E-state index is 13.1. The molecule has 0 bridgehead atoms. The summed E-state index contributed by atoms with van der Waals surface area (Å²) in [6.45, 7) is 4.09. The molecule has 1 aliphatic rings. The molecular weight excluding hydrogens is 484 g/mol. The minimum Gasteiger partial charge on any atom is -0.489 e. The third kappa shape index (κ3) is 6.01. The van der Waals surface area contributed by atoms with E-state index in [9.17, 15) is 9.59 Å². The second-order valence-corrected chi connectivity index (χ2v) is 9.61. The van der Waals surface area contributed by atoms with E-state index < -0.39 is 5.91 Å². The van der Waals surface area contributed by atoms with Crippen molar-refractivity contribution in [1.29, 1.82) is 0 Å². The smallest absolute Gasteiger partial charge is 0.251 e. The third-order valence-electron chi connectivity index (χ3n) is 6.81. The van der Waals surface area contributed by atoms with Gasteiger partial charge in [0.05, 0.1) is 18.3 Å². The Kier molecular flexibility index (Phi) is 7.67. The minimum atomic E-state index is -0.479. The first-order chi connectivity index (χ1) is 18.5. The molecule has 5 rings (SSSR count). The zero-order chi connectivity index (χ0) is 26.5. The van der Waals surface area contributed by atoms with Crippen LogP contribution in [-0.4, -0.2) is 46.0 Å². The summed E-state index contributed by atoms with van der Waals surface area (Å²) in [6.07, 6.45) is 1.72.